The van der Waals surface area contributed by atoms with E-state index in [1.165, 1.54) is 48.5 Å². The molecule has 10 atom stereocenters. The Morgan fingerprint density at radius 1 is 0.568 bits per heavy atom. The van der Waals surface area contributed by atoms with Crippen LogP contribution in [0.3, 0.4) is 0 Å². The number of fused-ring (bicyclic) bond motifs is 1. The maximum atomic E-state index is 14.3. The summed E-state index contributed by atoms with van der Waals surface area (Å²) in [5.74, 6) is -6.33. The number of hydrogen-bond donors (Lipinski definition) is 2. The van der Waals surface area contributed by atoms with Gasteiger partial charge in [-0.1, -0.05) is 144 Å². The molecular weight excluding hydrogens is 1020 g/mol. The normalized spacial score (nSPS) is 23.6. The second kappa shape index (κ2) is 24.4. The second-order valence-corrected chi connectivity index (χ2v) is 19.0. The highest BCUT2D eigenvalue weighted by molar-refractivity contribution is 6.76. The van der Waals surface area contributed by atoms with Crippen molar-refractivity contribution >= 4 is 81.3 Å². The molecule has 2 heterocycles. The lowest BCUT2D eigenvalue weighted by molar-refractivity contribution is -0.339. The van der Waals surface area contributed by atoms with E-state index >= 15 is 0 Å². The number of carbonyl (C=O) groups excluding carboxylic acids is 6. The molecule has 8 rings (SSSR count). The Hall–Kier alpha value is -6.93. The van der Waals surface area contributed by atoms with Gasteiger partial charge >= 0.3 is 29.8 Å². The number of aliphatic hydroxyl groups is 1. The summed E-state index contributed by atoms with van der Waals surface area (Å²) in [5.41, 5.74) is 0.765. The molecule has 2 aliphatic rings. The first kappa shape index (κ1) is 53.4. The monoisotopic (exact) mass is 1070 g/mol. The number of esters is 5. The van der Waals surface area contributed by atoms with Crippen LogP contribution >= 0.6 is 34.8 Å². The highest BCUT2D eigenvalue weighted by atomic mass is 35.6. The Labute approximate surface area is 438 Å². The fraction of sp³-hybridized carbons (Fsp3) is 0.259. The van der Waals surface area contributed by atoms with Crippen LogP contribution in [-0.4, -0.2) is 120 Å². The lowest BCUT2D eigenvalue weighted by Gasteiger charge is -2.49. The van der Waals surface area contributed by atoms with Gasteiger partial charge in [-0.05, 0) is 70.9 Å². The molecular formula is C54H46Cl3NO16. The van der Waals surface area contributed by atoms with Crippen LogP contribution in [0.25, 0.3) is 10.8 Å². The summed E-state index contributed by atoms with van der Waals surface area (Å²) in [6, 6.07) is 42.1. The van der Waals surface area contributed by atoms with E-state index in [9.17, 15) is 33.9 Å². The predicted octanol–water partition coefficient (Wildman–Crippen LogP) is 7.11. The van der Waals surface area contributed by atoms with Gasteiger partial charge in [0.05, 0.1) is 36.0 Å². The molecule has 0 bridgehead atoms. The number of rotatable bonds is 16. The molecule has 0 radical (unpaired) electrons. The molecule has 17 nitrogen and oxygen atoms in total. The number of alkyl halides is 3. The zero-order valence-electron chi connectivity index (χ0n) is 39.0. The SMILES string of the molecule is COC(=O)[C@H]1O[C@@H](O[C@@H]2[C@@H](NC(=O)C(Cl)(Cl)Cl)[C@H](OCc3ccc4ccccc4c3)O[C@H](COC(=O)c3ccccc3)[C@H]2OC(=O)c2ccccc2)[C@H](OC(=O)c2ccccc2)[C@@H](OC(=O)c2ccccc2)[C@@H]1O. The number of amides is 1. The second-order valence-electron chi connectivity index (χ2n) is 16.7. The summed E-state index contributed by atoms with van der Waals surface area (Å²) < 4.78 is 52.2. The van der Waals surface area contributed by atoms with Crippen molar-refractivity contribution in [1.82, 2.24) is 5.32 Å². The van der Waals surface area contributed by atoms with Crippen molar-refractivity contribution in [2.24, 2.45) is 0 Å². The van der Waals surface area contributed by atoms with Crippen LogP contribution in [0.4, 0.5) is 0 Å². The number of aliphatic hydroxyl groups excluding tert-OH is 1. The van der Waals surface area contributed by atoms with Crippen molar-refractivity contribution in [2.45, 2.75) is 71.7 Å². The van der Waals surface area contributed by atoms with Gasteiger partial charge in [-0.2, -0.15) is 0 Å². The summed E-state index contributed by atoms with van der Waals surface area (Å²) in [7, 11) is 0.999. The molecule has 0 saturated carbocycles. The van der Waals surface area contributed by atoms with E-state index < -0.39 is 108 Å². The van der Waals surface area contributed by atoms with Crippen LogP contribution in [0.15, 0.2) is 164 Å². The van der Waals surface area contributed by atoms with Crippen LogP contribution in [0.1, 0.15) is 47.0 Å². The van der Waals surface area contributed by atoms with E-state index in [1.807, 2.05) is 36.4 Å². The van der Waals surface area contributed by atoms with Crippen LogP contribution in [-0.2, 0) is 58.8 Å². The minimum atomic E-state index is -2.67. The molecule has 74 heavy (non-hydrogen) atoms. The van der Waals surface area contributed by atoms with Gasteiger partial charge < -0.3 is 53.1 Å². The molecule has 6 aromatic carbocycles. The summed E-state index contributed by atoms with van der Waals surface area (Å²) >= 11 is 18.5. The van der Waals surface area contributed by atoms with Crippen molar-refractivity contribution in [2.75, 3.05) is 13.7 Å². The molecule has 2 fully saturated rings. The predicted molar refractivity (Wildman–Crippen MR) is 265 cm³/mol. The molecule has 0 unspecified atom stereocenters. The lowest BCUT2D eigenvalue weighted by atomic mass is 9.94. The summed E-state index contributed by atoms with van der Waals surface area (Å²) in [5, 5.41) is 16.2. The molecule has 20 heteroatoms. The van der Waals surface area contributed by atoms with E-state index in [0.717, 1.165) is 17.9 Å². The Kier molecular flexibility index (Phi) is 17.6. The standard InChI is InChI=1S/C54H46Cl3NO16/c1-66-50(64)44-40(59)43(71-48(62)35-21-10-4-11-22-35)45(72-49(63)36-23-12-5-13-24-36)52(74-44)73-42-39(58-53(65)54(55,56)57)51(68-29-31-26-27-32-16-14-15-25-37(32)28-31)69-38(30-67-46(60)33-17-6-2-7-18-33)41(42)70-47(61)34-19-8-3-9-20-34/h2-28,38-45,51-52,59H,29-30H2,1H3,(H,58,65)/t38-,39-,40+,41-,42-,43+,44+,45-,51-,52-/m1/s1. The topological polar surface area (TPSA) is 218 Å². The third-order valence-corrected chi connectivity index (χ3v) is 12.3. The van der Waals surface area contributed by atoms with Crippen LogP contribution < -0.4 is 5.32 Å². The maximum absolute atomic E-state index is 14.3. The number of carbonyl (C=O) groups is 6. The molecule has 1 amide bonds. The van der Waals surface area contributed by atoms with E-state index in [-0.39, 0.29) is 28.9 Å². The van der Waals surface area contributed by atoms with Crippen molar-refractivity contribution < 1.29 is 76.5 Å². The Bertz CT molecular complexity index is 2910. The first-order valence-electron chi connectivity index (χ1n) is 22.9. The third kappa shape index (κ3) is 13.0. The van der Waals surface area contributed by atoms with Gasteiger partial charge in [0.25, 0.3) is 9.70 Å². The van der Waals surface area contributed by atoms with Crippen molar-refractivity contribution in [3.63, 3.8) is 0 Å². The largest absolute Gasteiger partial charge is 0.467 e. The number of hydrogen-bond acceptors (Lipinski definition) is 16. The van der Waals surface area contributed by atoms with E-state index in [1.54, 1.807) is 78.9 Å². The first-order valence-corrected chi connectivity index (χ1v) is 24.0. The van der Waals surface area contributed by atoms with Crippen molar-refractivity contribution in [1.29, 1.82) is 0 Å². The van der Waals surface area contributed by atoms with Crippen molar-refractivity contribution in [3.05, 3.63) is 192 Å². The van der Waals surface area contributed by atoms with E-state index in [2.05, 4.69) is 5.32 Å². The fourth-order valence-electron chi connectivity index (χ4n) is 8.15. The molecule has 2 saturated heterocycles. The van der Waals surface area contributed by atoms with Gasteiger partial charge in [0.1, 0.15) is 31.0 Å². The molecule has 0 spiro atoms. The van der Waals surface area contributed by atoms with Gasteiger partial charge in [-0.25, -0.2) is 24.0 Å². The molecule has 0 aromatic heterocycles. The van der Waals surface area contributed by atoms with E-state index in [0.29, 0.717) is 5.56 Å². The Morgan fingerprint density at radius 2 is 1.05 bits per heavy atom. The minimum Gasteiger partial charge on any atom is -0.467 e. The molecule has 6 aromatic rings. The summed E-state index contributed by atoms with van der Waals surface area (Å²) in [6.45, 7) is -0.904. The number of methoxy groups -OCH3 is 1. The summed E-state index contributed by atoms with van der Waals surface area (Å²) in [4.78, 5) is 83.3. The zero-order valence-corrected chi connectivity index (χ0v) is 41.2. The molecule has 2 N–H and O–H groups in total. The summed E-state index contributed by atoms with van der Waals surface area (Å²) in [6.07, 6.45) is -17.2. The van der Waals surface area contributed by atoms with Crippen molar-refractivity contribution in [3.8, 4) is 0 Å². The fourth-order valence-corrected chi connectivity index (χ4v) is 8.31. The van der Waals surface area contributed by atoms with Gasteiger partial charge in [0, 0.05) is 0 Å². The smallest absolute Gasteiger partial charge is 0.338 e. The minimum absolute atomic E-state index is 0.00230. The Balaban J connectivity index is 1.27. The van der Waals surface area contributed by atoms with Crippen LogP contribution in [0.2, 0.25) is 0 Å². The van der Waals surface area contributed by atoms with Gasteiger partial charge in [0.2, 0.25) is 0 Å². The number of ether oxygens (including phenoxy) is 9. The average Bonchev–Trinajstić information content (AvgIpc) is 3.43. The van der Waals surface area contributed by atoms with E-state index in [4.69, 9.17) is 77.4 Å². The zero-order chi connectivity index (χ0) is 52.4. The van der Waals surface area contributed by atoms with Gasteiger partial charge in [-0.3, -0.25) is 4.79 Å². The third-order valence-electron chi connectivity index (χ3n) is 11.8. The average molecular weight is 1070 g/mol. The highest BCUT2D eigenvalue weighted by Gasteiger charge is 2.58. The number of nitrogens with one attached hydrogen (secondary N) is 1. The van der Waals surface area contributed by atoms with Gasteiger partial charge in [0.15, 0.2) is 37.0 Å². The quantitative estimate of drug-likeness (QED) is 0.0560. The Morgan fingerprint density at radius 3 is 1.58 bits per heavy atom. The maximum Gasteiger partial charge on any atom is 0.338 e. The first-order chi connectivity index (χ1) is 35.7. The highest BCUT2D eigenvalue weighted by Crippen LogP contribution is 2.36. The molecule has 384 valence electrons. The lowest BCUT2D eigenvalue weighted by Crippen LogP contribution is -2.70. The van der Waals surface area contributed by atoms with Crippen LogP contribution in [0, 0.1) is 0 Å². The van der Waals surface area contributed by atoms with Gasteiger partial charge in [-0.15, -0.1) is 0 Å². The van der Waals surface area contributed by atoms with Crippen LogP contribution in [0.5, 0.6) is 0 Å². The number of halogens is 3. The number of benzene rings is 6. The molecule has 2 aliphatic heterocycles. The molecule has 0 aliphatic carbocycles.